The number of unbranched alkanes of at least 4 members (excludes halogenated alkanes) is 28. The lowest BCUT2D eigenvalue weighted by Gasteiger charge is -2.22. The molecule has 230 valence electrons. The molecule has 38 heavy (non-hydrogen) atoms. The third kappa shape index (κ3) is 32.2. The normalized spacial score (nSPS) is 11.7. The van der Waals surface area contributed by atoms with Crippen molar-refractivity contribution in [2.24, 2.45) is 0 Å². The molecule has 0 aliphatic rings. The minimum Gasteiger partial charge on any atom is -0.303 e. The Kier molecular flexibility index (Phi) is 35.0. The number of rotatable bonds is 34. The van der Waals surface area contributed by atoms with E-state index < -0.39 is 0 Å². The lowest BCUT2D eigenvalue weighted by atomic mass is 10.0. The predicted octanol–water partition coefficient (Wildman–Crippen LogP) is 13.4. The zero-order chi connectivity index (χ0) is 27.6. The summed E-state index contributed by atoms with van der Waals surface area (Å²) in [5.74, 6) is 0. The van der Waals surface area contributed by atoms with E-state index in [0.29, 0.717) is 0 Å². The molecule has 0 saturated carbocycles. The van der Waals surface area contributed by atoms with Gasteiger partial charge in [-0.3, -0.25) is 0 Å². The molecule has 0 aromatic heterocycles. The van der Waals surface area contributed by atoms with E-state index >= 15 is 0 Å². The highest BCUT2D eigenvalue weighted by Crippen LogP contribution is 2.15. The van der Waals surface area contributed by atoms with Crippen LogP contribution in [0.25, 0.3) is 0 Å². The third-order valence-electron chi connectivity index (χ3n) is 8.73. The zero-order valence-electron chi connectivity index (χ0n) is 27.5. The second-order valence-corrected chi connectivity index (χ2v) is 12.7. The van der Waals surface area contributed by atoms with Crippen LogP contribution in [-0.4, -0.2) is 24.5 Å². The van der Waals surface area contributed by atoms with Crippen molar-refractivity contribution in [2.75, 3.05) is 19.6 Å². The standard InChI is InChI=1S/C37H77N/c1-4-7-10-13-16-19-20-21-22-23-24-25-28-31-34-37-38(35-32-29-26-17-14-11-8-5-2)36-33-30-27-18-15-12-9-6-3/h4-37H2,1-3H3. The van der Waals surface area contributed by atoms with E-state index in [1.54, 1.807) is 0 Å². The van der Waals surface area contributed by atoms with Gasteiger partial charge in [-0.2, -0.15) is 0 Å². The Bertz CT molecular complexity index is 372. The molecule has 0 aromatic carbocycles. The second-order valence-electron chi connectivity index (χ2n) is 12.7. The van der Waals surface area contributed by atoms with Gasteiger partial charge in [-0.15, -0.1) is 0 Å². The van der Waals surface area contributed by atoms with Crippen LogP contribution in [-0.2, 0) is 0 Å². The Labute approximate surface area is 244 Å². The average molecular weight is 536 g/mol. The molecule has 0 saturated heterocycles. The van der Waals surface area contributed by atoms with E-state index in [2.05, 4.69) is 25.7 Å². The summed E-state index contributed by atoms with van der Waals surface area (Å²) < 4.78 is 0. The molecule has 0 unspecified atom stereocenters. The molecule has 1 nitrogen and oxygen atoms in total. The summed E-state index contributed by atoms with van der Waals surface area (Å²) in [7, 11) is 0. The van der Waals surface area contributed by atoms with E-state index in [1.165, 1.54) is 219 Å². The van der Waals surface area contributed by atoms with E-state index in [4.69, 9.17) is 0 Å². The highest BCUT2D eigenvalue weighted by Gasteiger charge is 2.05. The first-order valence-electron chi connectivity index (χ1n) is 18.6. The van der Waals surface area contributed by atoms with Crippen molar-refractivity contribution in [2.45, 2.75) is 220 Å². The van der Waals surface area contributed by atoms with Crippen molar-refractivity contribution in [3.05, 3.63) is 0 Å². The highest BCUT2D eigenvalue weighted by atomic mass is 15.1. The monoisotopic (exact) mass is 536 g/mol. The van der Waals surface area contributed by atoms with Gasteiger partial charge < -0.3 is 4.90 Å². The maximum atomic E-state index is 2.84. The molecule has 0 spiro atoms. The maximum Gasteiger partial charge on any atom is -0.00187 e. The quantitative estimate of drug-likeness (QED) is 0.0740. The second kappa shape index (κ2) is 35.0. The molecular weight excluding hydrogens is 458 g/mol. The molecule has 0 amide bonds. The van der Waals surface area contributed by atoms with Gasteiger partial charge in [0.25, 0.3) is 0 Å². The van der Waals surface area contributed by atoms with Crippen LogP contribution in [0.3, 0.4) is 0 Å². The number of hydrogen-bond donors (Lipinski definition) is 0. The summed E-state index contributed by atoms with van der Waals surface area (Å²) in [6.45, 7) is 11.0. The lowest BCUT2D eigenvalue weighted by Crippen LogP contribution is -2.27. The summed E-state index contributed by atoms with van der Waals surface area (Å²) in [6, 6.07) is 0. The van der Waals surface area contributed by atoms with Crippen LogP contribution in [0.1, 0.15) is 220 Å². The van der Waals surface area contributed by atoms with Gasteiger partial charge in [0.1, 0.15) is 0 Å². The van der Waals surface area contributed by atoms with Crippen LogP contribution in [0.15, 0.2) is 0 Å². The van der Waals surface area contributed by atoms with Gasteiger partial charge in [0, 0.05) is 0 Å². The summed E-state index contributed by atoms with van der Waals surface area (Å²) in [6.07, 6.45) is 45.1. The smallest absolute Gasteiger partial charge is 0.00187 e. The fraction of sp³-hybridized carbons (Fsp3) is 1.00. The molecular formula is C37H77N. The molecule has 0 rings (SSSR count). The van der Waals surface area contributed by atoms with Gasteiger partial charge >= 0.3 is 0 Å². The molecule has 0 bridgehead atoms. The van der Waals surface area contributed by atoms with E-state index in [0.717, 1.165) is 0 Å². The van der Waals surface area contributed by atoms with Gasteiger partial charge in [-0.05, 0) is 38.9 Å². The minimum atomic E-state index is 1.37. The van der Waals surface area contributed by atoms with E-state index in [1.807, 2.05) is 0 Å². The van der Waals surface area contributed by atoms with Crippen molar-refractivity contribution in [3.8, 4) is 0 Å². The molecule has 0 radical (unpaired) electrons. The third-order valence-corrected chi connectivity index (χ3v) is 8.73. The van der Waals surface area contributed by atoms with Gasteiger partial charge in [0.05, 0.1) is 0 Å². The maximum absolute atomic E-state index is 2.84. The SMILES string of the molecule is CCCCCCCCCCCCCCCCCN(CCCCCCCCCC)CCCCCCCCCC. The van der Waals surface area contributed by atoms with E-state index in [-0.39, 0.29) is 0 Å². The van der Waals surface area contributed by atoms with Crippen LogP contribution in [0, 0.1) is 0 Å². The average Bonchev–Trinajstić information content (AvgIpc) is 2.93. The Morgan fingerprint density at radius 2 is 0.368 bits per heavy atom. The summed E-state index contributed by atoms with van der Waals surface area (Å²) in [4.78, 5) is 2.84. The van der Waals surface area contributed by atoms with Crippen molar-refractivity contribution in [1.29, 1.82) is 0 Å². The largest absolute Gasteiger partial charge is 0.303 e. The van der Waals surface area contributed by atoms with Crippen molar-refractivity contribution < 1.29 is 0 Å². The first kappa shape index (κ1) is 38.0. The molecule has 0 atom stereocenters. The molecule has 0 fully saturated rings. The van der Waals surface area contributed by atoms with Gasteiger partial charge in [0.15, 0.2) is 0 Å². The number of nitrogens with zero attached hydrogens (tertiary/aromatic N) is 1. The molecule has 1 heteroatoms. The van der Waals surface area contributed by atoms with Crippen molar-refractivity contribution >= 4 is 0 Å². The lowest BCUT2D eigenvalue weighted by molar-refractivity contribution is 0.254. The molecule has 0 N–H and O–H groups in total. The van der Waals surface area contributed by atoms with Crippen LogP contribution >= 0.6 is 0 Å². The first-order valence-corrected chi connectivity index (χ1v) is 18.6. The molecule has 0 heterocycles. The minimum absolute atomic E-state index is 1.37. The Balaban J connectivity index is 3.77. The summed E-state index contributed by atoms with van der Waals surface area (Å²) in [5, 5.41) is 0. The van der Waals surface area contributed by atoms with Crippen LogP contribution < -0.4 is 0 Å². The fourth-order valence-corrected chi connectivity index (χ4v) is 5.98. The predicted molar refractivity (Wildman–Crippen MR) is 177 cm³/mol. The van der Waals surface area contributed by atoms with E-state index in [9.17, 15) is 0 Å². The molecule has 0 aromatic rings. The van der Waals surface area contributed by atoms with Gasteiger partial charge in [0.2, 0.25) is 0 Å². The molecule has 0 aliphatic carbocycles. The topological polar surface area (TPSA) is 3.24 Å². The van der Waals surface area contributed by atoms with Crippen LogP contribution in [0.5, 0.6) is 0 Å². The summed E-state index contributed by atoms with van der Waals surface area (Å²) >= 11 is 0. The number of hydrogen-bond acceptors (Lipinski definition) is 1. The first-order chi connectivity index (χ1) is 18.8. The van der Waals surface area contributed by atoms with Crippen LogP contribution in [0.2, 0.25) is 0 Å². The zero-order valence-corrected chi connectivity index (χ0v) is 27.5. The summed E-state index contributed by atoms with van der Waals surface area (Å²) in [5.41, 5.74) is 0. The fourth-order valence-electron chi connectivity index (χ4n) is 5.98. The van der Waals surface area contributed by atoms with Crippen LogP contribution in [0.4, 0.5) is 0 Å². The Hall–Kier alpha value is -0.0400. The van der Waals surface area contributed by atoms with Crippen molar-refractivity contribution in [3.63, 3.8) is 0 Å². The van der Waals surface area contributed by atoms with Crippen molar-refractivity contribution in [1.82, 2.24) is 4.90 Å². The molecule has 0 aliphatic heterocycles. The Morgan fingerprint density at radius 3 is 0.553 bits per heavy atom. The highest BCUT2D eigenvalue weighted by molar-refractivity contribution is 4.61. The van der Waals surface area contributed by atoms with Gasteiger partial charge in [-0.25, -0.2) is 0 Å². The van der Waals surface area contributed by atoms with Gasteiger partial charge in [-0.1, -0.05) is 201 Å². The Morgan fingerprint density at radius 1 is 0.211 bits per heavy atom.